The van der Waals surface area contributed by atoms with Crippen molar-refractivity contribution in [1.29, 1.82) is 0 Å². The van der Waals surface area contributed by atoms with E-state index in [0.29, 0.717) is 24.8 Å². The van der Waals surface area contributed by atoms with Crippen molar-refractivity contribution in [3.63, 3.8) is 0 Å². The zero-order chi connectivity index (χ0) is 18.8. The number of aryl methyl sites for hydroxylation is 2. The van der Waals surface area contributed by atoms with E-state index < -0.39 is 0 Å². The Hall–Kier alpha value is -2.47. The summed E-state index contributed by atoms with van der Waals surface area (Å²) in [4.78, 5) is 33.1. The first kappa shape index (κ1) is 17.9. The summed E-state index contributed by atoms with van der Waals surface area (Å²) in [6.07, 6.45) is 4.80. The summed E-state index contributed by atoms with van der Waals surface area (Å²) in [6, 6.07) is 10.0. The average Bonchev–Trinajstić information content (AvgIpc) is 3.35. The molecule has 1 atom stereocenters. The highest BCUT2D eigenvalue weighted by atomic mass is 32.1. The smallest absolute Gasteiger partial charge is 0.261 e. The minimum atomic E-state index is -0.0335. The second kappa shape index (κ2) is 7.64. The Morgan fingerprint density at radius 1 is 1.30 bits per heavy atom. The van der Waals surface area contributed by atoms with Gasteiger partial charge in [0.25, 0.3) is 5.56 Å². The summed E-state index contributed by atoms with van der Waals surface area (Å²) in [5.41, 5.74) is 1.72. The second-order valence-corrected chi connectivity index (χ2v) is 8.06. The van der Waals surface area contributed by atoms with Crippen LogP contribution in [0.1, 0.15) is 42.2 Å². The molecule has 0 aliphatic carbocycles. The van der Waals surface area contributed by atoms with Crippen molar-refractivity contribution >= 4 is 28.1 Å². The maximum atomic E-state index is 12.7. The second-order valence-electron chi connectivity index (χ2n) is 7.08. The fourth-order valence-corrected chi connectivity index (χ4v) is 4.76. The van der Waals surface area contributed by atoms with E-state index in [4.69, 9.17) is 0 Å². The first-order chi connectivity index (χ1) is 13.1. The van der Waals surface area contributed by atoms with E-state index in [1.54, 1.807) is 22.2 Å². The summed E-state index contributed by atoms with van der Waals surface area (Å²) in [5.74, 6) is 0.184. The lowest BCUT2D eigenvalue weighted by Gasteiger charge is -2.24. The number of hydrogen-bond donors (Lipinski definition) is 0. The average molecular weight is 382 g/mol. The van der Waals surface area contributed by atoms with Gasteiger partial charge in [0.05, 0.1) is 23.3 Å². The van der Waals surface area contributed by atoms with Crippen LogP contribution in [-0.2, 0) is 11.3 Å². The minimum Gasteiger partial charge on any atom is -0.335 e. The van der Waals surface area contributed by atoms with Crippen LogP contribution in [0.25, 0.3) is 10.9 Å². The number of aromatic nitrogens is 2. The fraction of sp³-hybridized carbons (Fsp3) is 0.381. The van der Waals surface area contributed by atoms with Crippen LogP contribution in [0.2, 0.25) is 0 Å². The van der Waals surface area contributed by atoms with Crippen LogP contribution < -0.4 is 5.56 Å². The van der Waals surface area contributed by atoms with Gasteiger partial charge in [-0.05, 0) is 49.3 Å². The zero-order valence-corrected chi connectivity index (χ0v) is 16.2. The molecule has 6 heteroatoms. The normalized spacial score (nSPS) is 16.9. The maximum Gasteiger partial charge on any atom is 0.261 e. The molecule has 5 nitrogen and oxygen atoms in total. The maximum absolute atomic E-state index is 12.7. The van der Waals surface area contributed by atoms with Gasteiger partial charge >= 0.3 is 0 Å². The Kier molecular flexibility index (Phi) is 5.07. The number of nitrogens with zero attached hydrogens (tertiary/aromatic N) is 3. The molecule has 0 spiro atoms. The SMILES string of the molecule is Cc1cccc2c(=O)n(CCCC(=O)N3CCCC3c3cccs3)cnc12. The van der Waals surface area contributed by atoms with Crippen LogP contribution in [0.15, 0.2) is 46.8 Å². The first-order valence-corrected chi connectivity index (χ1v) is 10.3. The molecule has 3 heterocycles. The molecule has 1 aliphatic rings. The topological polar surface area (TPSA) is 55.2 Å². The molecule has 0 bridgehead atoms. The lowest BCUT2D eigenvalue weighted by atomic mass is 10.1. The molecular formula is C21H23N3O2S. The molecule has 1 fully saturated rings. The number of carbonyl (C=O) groups excluding carboxylic acids is 1. The quantitative estimate of drug-likeness (QED) is 0.673. The van der Waals surface area contributed by atoms with Gasteiger partial charge in [-0.2, -0.15) is 0 Å². The van der Waals surface area contributed by atoms with Gasteiger partial charge in [0.1, 0.15) is 0 Å². The van der Waals surface area contributed by atoms with Gasteiger partial charge in [-0.15, -0.1) is 11.3 Å². The number of likely N-dealkylation sites (tertiary alicyclic amines) is 1. The van der Waals surface area contributed by atoms with Crippen molar-refractivity contribution in [3.8, 4) is 0 Å². The molecule has 3 aromatic rings. The summed E-state index contributed by atoms with van der Waals surface area (Å²) in [7, 11) is 0. The third-order valence-corrected chi connectivity index (χ3v) is 6.26. The first-order valence-electron chi connectivity index (χ1n) is 9.43. The number of fused-ring (bicyclic) bond motifs is 1. The number of benzene rings is 1. The molecule has 1 unspecified atom stereocenters. The summed E-state index contributed by atoms with van der Waals surface area (Å²) >= 11 is 1.72. The van der Waals surface area contributed by atoms with Crippen molar-refractivity contribution in [2.75, 3.05) is 6.54 Å². The van der Waals surface area contributed by atoms with Crippen LogP contribution in [0, 0.1) is 6.92 Å². The van der Waals surface area contributed by atoms with Crippen molar-refractivity contribution < 1.29 is 4.79 Å². The van der Waals surface area contributed by atoms with Crippen molar-refractivity contribution in [1.82, 2.24) is 14.5 Å². The van der Waals surface area contributed by atoms with Crippen LogP contribution >= 0.6 is 11.3 Å². The number of carbonyl (C=O) groups is 1. The number of rotatable bonds is 5. The Morgan fingerprint density at radius 3 is 3.00 bits per heavy atom. The summed E-state index contributed by atoms with van der Waals surface area (Å²) < 4.78 is 1.62. The zero-order valence-electron chi connectivity index (χ0n) is 15.4. The van der Waals surface area contributed by atoms with Crippen molar-refractivity contribution in [3.05, 3.63) is 62.8 Å². The van der Waals surface area contributed by atoms with Gasteiger partial charge in [0.15, 0.2) is 0 Å². The fourth-order valence-electron chi connectivity index (χ4n) is 3.88. The number of hydrogen-bond acceptors (Lipinski definition) is 4. The van der Waals surface area contributed by atoms with E-state index in [1.165, 1.54) is 4.88 Å². The van der Waals surface area contributed by atoms with E-state index >= 15 is 0 Å². The number of amides is 1. The molecule has 0 N–H and O–H groups in total. The van der Waals surface area contributed by atoms with Crippen LogP contribution in [0.5, 0.6) is 0 Å². The standard InChI is InChI=1S/C21H23N3O2S/c1-15-6-2-7-16-20(15)22-14-23(21(16)26)11-4-10-19(25)24-12-3-8-17(24)18-9-5-13-27-18/h2,5-7,9,13-14,17H,3-4,8,10-12H2,1H3. The molecule has 1 amide bonds. The molecule has 1 saturated heterocycles. The van der Waals surface area contributed by atoms with Crippen LogP contribution in [0.3, 0.4) is 0 Å². The van der Waals surface area contributed by atoms with Gasteiger partial charge < -0.3 is 4.90 Å². The minimum absolute atomic E-state index is 0.0335. The van der Waals surface area contributed by atoms with E-state index in [-0.39, 0.29) is 17.5 Å². The van der Waals surface area contributed by atoms with Crippen molar-refractivity contribution in [2.24, 2.45) is 0 Å². The Balaban J connectivity index is 1.41. The predicted octanol–water partition coefficient (Wildman–Crippen LogP) is 3.91. The largest absolute Gasteiger partial charge is 0.335 e. The molecular weight excluding hydrogens is 358 g/mol. The molecule has 27 heavy (non-hydrogen) atoms. The highest BCUT2D eigenvalue weighted by Gasteiger charge is 2.29. The molecule has 0 radical (unpaired) electrons. The predicted molar refractivity (Wildman–Crippen MR) is 108 cm³/mol. The Morgan fingerprint density at radius 2 is 2.19 bits per heavy atom. The van der Waals surface area contributed by atoms with Gasteiger partial charge in [-0.3, -0.25) is 14.2 Å². The van der Waals surface area contributed by atoms with E-state index in [2.05, 4.69) is 16.4 Å². The molecule has 140 valence electrons. The summed E-state index contributed by atoms with van der Waals surface area (Å²) in [6.45, 7) is 3.30. The molecule has 2 aromatic heterocycles. The third-order valence-electron chi connectivity index (χ3n) is 5.29. The highest BCUT2D eigenvalue weighted by molar-refractivity contribution is 7.10. The summed E-state index contributed by atoms with van der Waals surface area (Å²) in [5, 5.41) is 2.71. The van der Waals surface area contributed by atoms with Crippen molar-refractivity contribution in [2.45, 2.75) is 45.2 Å². The van der Waals surface area contributed by atoms with Gasteiger partial charge in [0.2, 0.25) is 5.91 Å². The molecule has 1 aliphatic heterocycles. The number of thiophene rings is 1. The highest BCUT2D eigenvalue weighted by Crippen LogP contribution is 2.34. The van der Waals surface area contributed by atoms with E-state index in [0.717, 1.165) is 30.5 Å². The van der Waals surface area contributed by atoms with E-state index in [1.807, 2.05) is 36.1 Å². The molecule has 1 aromatic carbocycles. The van der Waals surface area contributed by atoms with Gasteiger partial charge in [0, 0.05) is 24.4 Å². The molecule has 4 rings (SSSR count). The Bertz CT molecular complexity index is 1010. The van der Waals surface area contributed by atoms with Gasteiger partial charge in [-0.25, -0.2) is 4.98 Å². The number of para-hydroxylation sites is 1. The third kappa shape index (κ3) is 3.54. The lowest BCUT2D eigenvalue weighted by Crippen LogP contribution is -2.30. The van der Waals surface area contributed by atoms with E-state index in [9.17, 15) is 9.59 Å². The molecule has 0 saturated carbocycles. The van der Waals surface area contributed by atoms with Crippen LogP contribution in [-0.4, -0.2) is 26.9 Å². The Labute approximate surface area is 162 Å². The monoisotopic (exact) mass is 381 g/mol. The van der Waals surface area contributed by atoms with Crippen LogP contribution in [0.4, 0.5) is 0 Å². The lowest BCUT2D eigenvalue weighted by molar-refractivity contribution is -0.132. The van der Waals surface area contributed by atoms with Gasteiger partial charge in [-0.1, -0.05) is 18.2 Å².